The average molecular weight is 319 g/mol. The standard InChI is InChI=1S/C12H16N2O.C6H6.ClH/c13-12(15)10-6-8-14(9-7-10)11-4-2-1-3-5-11;1-2-4-6-5-3-1;/h1-5,10H,6-9H2,(H2,13,15);1-6H;1H. The number of rotatable bonds is 2. The Balaban J connectivity index is 0.000000293. The summed E-state index contributed by atoms with van der Waals surface area (Å²) in [5.74, 6) is -0.0762. The number of amides is 1. The fourth-order valence-electron chi connectivity index (χ4n) is 2.45. The van der Waals surface area contributed by atoms with Gasteiger partial charge < -0.3 is 10.6 Å². The summed E-state index contributed by atoms with van der Waals surface area (Å²) in [4.78, 5) is 13.3. The Morgan fingerprint density at radius 1 is 0.864 bits per heavy atom. The smallest absolute Gasteiger partial charge is 0.220 e. The molecule has 1 fully saturated rings. The van der Waals surface area contributed by atoms with Crippen LogP contribution in [0, 0.1) is 5.92 Å². The Morgan fingerprint density at radius 2 is 1.27 bits per heavy atom. The van der Waals surface area contributed by atoms with Crippen molar-refractivity contribution in [2.45, 2.75) is 12.8 Å². The molecule has 2 aromatic rings. The molecule has 2 aromatic carbocycles. The van der Waals surface area contributed by atoms with E-state index in [-0.39, 0.29) is 24.2 Å². The van der Waals surface area contributed by atoms with Crippen LogP contribution in [0.25, 0.3) is 0 Å². The molecule has 1 heterocycles. The minimum atomic E-state index is -0.150. The Kier molecular flexibility index (Phi) is 8.08. The number of primary amides is 1. The van der Waals surface area contributed by atoms with Gasteiger partial charge in [-0.25, -0.2) is 0 Å². The van der Waals surface area contributed by atoms with Crippen LogP contribution in [0.5, 0.6) is 0 Å². The van der Waals surface area contributed by atoms with Crippen molar-refractivity contribution in [3.8, 4) is 0 Å². The van der Waals surface area contributed by atoms with Crippen LogP contribution < -0.4 is 10.6 Å². The van der Waals surface area contributed by atoms with Crippen LogP contribution in [-0.2, 0) is 4.79 Å². The molecule has 3 nitrogen and oxygen atoms in total. The molecule has 0 spiro atoms. The van der Waals surface area contributed by atoms with Gasteiger partial charge in [0.1, 0.15) is 0 Å². The molecule has 0 aliphatic carbocycles. The van der Waals surface area contributed by atoms with Gasteiger partial charge >= 0.3 is 0 Å². The molecule has 22 heavy (non-hydrogen) atoms. The predicted octanol–water partition coefficient (Wildman–Crippen LogP) is 3.50. The quantitative estimate of drug-likeness (QED) is 0.921. The normalized spacial score (nSPS) is 14.3. The number of hydrogen-bond acceptors (Lipinski definition) is 2. The Hall–Kier alpha value is -2.00. The third-order valence-corrected chi connectivity index (χ3v) is 3.69. The molecular formula is C18H23ClN2O. The summed E-state index contributed by atoms with van der Waals surface area (Å²) in [5.41, 5.74) is 6.53. The molecule has 0 unspecified atom stereocenters. The predicted molar refractivity (Wildman–Crippen MR) is 94.3 cm³/mol. The molecule has 1 aliphatic heterocycles. The molecule has 0 aromatic heterocycles. The van der Waals surface area contributed by atoms with Crippen LogP contribution in [0.1, 0.15) is 12.8 Å². The number of halogens is 1. The van der Waals surface area contributed by atoms with Gasteiger partial charge in [-0.3, -0.25) is 4.79 Å². The van der Waals surface area contributed by atoms with Crippen molar-refractivity contribution in [1.29, 1.82) is 0 Å². The van der Waals surface area contributed by atoms with Crippen LogP contribution in [0.3, 0.4) is 0 Å². The van der Waals surface area contributed by atoms with Crippen molar-refractivity contribution >= 4 is 24.0 Å². The molecule has 0 atom stereocenters. The third-order valence-electron chi connectivity index (χ3n) is 3.69. The van der Waals surface area contributed by atoms with Gasteiger partial charge in [0.15, 0.2) is 0 Å². The van der Waals surface area contributed by atoms with Gasteiger partial charge in [0.25, 0.3) is 0 Å². The first-order valence-electron chi connectivity index (χ1n) is 7.36. The Morgan fingerprint density at radius 3 is 1.68 bits per heavy atom. The number of piperidine rings is 1. The van der Waals surface area contributed by atoms with Gasteiger partial charge in [-0.2, -0.15) is 0 Å². The number of carbonyl (C=O) groups excluding carboxylic acids is 1. The lowest BCUT2D eigenvalue weighted by molar-refractivity contribution is -0.122. The third kappa shape index (κ3) is 5.78. The maximum atomic E-state index is 11.0. The van der Waals surface area contributed by atoms with Gasteiger partial charge in [0, 0.05) is 24.7 Å². The second-order valence-electron chi connectivity index (χ2n) is 5.15. The maximum Gasteiger partial charge on any atom is 0.220 e. The van der Waals surface area contributed by atoms with Gasteiger partial charge in [-0.05, 0) is 25.0 Å². The summed E-state index contributed by atoms with van der Waals surface area (Å²) in [5, 5.41) is 0. The van der Waals surface area contributed by atoms with E-state index in [4.69, 9.17) is 5.73 Å². The molecule has 2 N–H and O–H groups in total. The maximum absolute atomic E-state index is 11.0. The Labute approximate surface area is 138 Å². The molecular weight excluding hydrogens is 296 g/mol. The average Bonchev–Trinajstić information content (AvgIpc) is 2.58. The topological polar surface area (TPSA) is 46.3 Å². The second-order valence-corrected chi connectivity index (χ2v) is 5.15. The van der Waals surface area contributed by atoms with Crippen LogP contribution in [0.15, 0.2) is 66.7 Å². The highest BCUT2D eigenvalue weighted by atomic mass is 35.5. The lowest BCUT2D eigenvalue weighted by atomic mass is 9.96. The highest BCUT2D eigenvalue weighted by Crippen LogP contribution is 2.22. The highest BCUT2D eigenvalue weighted by molar-refractivity contribution is 5.85. The fourth-order valence-corrected chi connectivity index (χ4v) is 2.45. The van der Waals surface area contributed by atoms with E-state index in [0.29, 0.717) is 0 Å². The molecule has 0 saturated carbocycles. The first kappa shape index (κ1) is 18.1. The molecule has 118 valence electrons. The molecule has 3 rings (SSSR count). The zero-order valence-corrected chi connectivity index (χ0v) is 13.4. The highest BCUT2D eigenvalue weighted by Gasteiger charge is 2.22. The monoisotopic (exact) mass is 318 g/mol. The van der Waals surface area contributed by atoms with Gasteiger partial charge in [0.2, 0.25) is 5.91 Å². The van der Waals surface area contributed by atoms with Gasteiger partial charge in [-0.15, -0.1) is 12.4 Å². The van der Waals surface area contributed by atoms with Crippen LogP contribution >= 0.6 is 12.4 Å². The number of para-hydroxylation sites is 1. The summed E-state index contributed by atoms with van der Waals surface area (Å²) in [6.07, 6.45) is 1.76. The van der Waals surface area contributed by atoms with Gasteiger partial charge in [0.05, 0.1) is 0 Å². The zero-order valence-electron chi connectivity index (χ0n) is 12.6. The van der Waals surface area contributed by atoms with Crippen molar-refractivity contribution in [3.63, 3.8) is 0 Å². The first-order valence-corrected chi connectivity index (χ1v) is 7.36. The number of benzene rings is 2. The number of carbonyl (C=O) groups is 1. The summed E-state index contributed by atoms with van der Waals surface area (Å²) in [7, 11) is 0. The van der Waals surface area contributed by atoms with E-state index in [1.807, 2.05) is 54.6 Å². The number of nitrogens with two attached hydrogens (primary N) is 1. The molecule has 0 bridgehead atoms. The summed E-state index contributed by atoms with van der Waals surface area (Å²) in [6.45, 7) is 1.86. The zero-order chi connectivity index (χ0) is 14.9. The van der Waals surface area contributed by atoms with E-state index in [2.05, 4.69) is 17.0 Å². The SMILES string of the molecule is Cl.NC(=O)C1CCN(c2ccccc2)CC1.c1ccccc1. The largest absolute Gasteiger partial charge is 0.371 e. The number of hydrogen-bond donors (Lipinski definition) is 1. The van der Waals surface area contributed by atoms with Crippen molar-refractivity contribution < 1.29 is 4.79 Å². The minimum Gasteiger partial charge on any atom is -0.371 e. The minimum absolute atomic E-state index is 0. The van der Waals surface area contributed by atoms with Crippen LogP contribution in [0.2, 0.25) is 0 Å². The van der Waals surface area contributed by atoms with Crippen LogP contribution in [0.4, 0.5) is 5.69 Å². The van der Waals surface area contributed by atoms with E-state index < -0.39 is 0 Å². The van der Waals surface area contributed by atoms with Crippen molar-refractivity contribution in [3.05, 3.63) is 66.7 Å². The lowest BCUT2D eigenvalue weighted by Gasteiger charge is -2.32. The second kappa shape index (κ2) is 9.85. The van der Waals surface area contributed by atoms with E-state index in [1.165, 1.54) is 5.69 Å². The molecule has 0 radical (unpaired) electrons. The van der Waals surface area contributed by atoms with Crippen molar-refractivity contribution in [2.24, 2.45) is 11.7 Å². The molecule has 1 saturated heterocycles. The fraction of sp³-hybridized carbons (Fsp3) is 0.278. The van der Waals surface area contributed by atoms with E-state index in [9.17, 15) is 4.79 Å². The lowest BCUT2D eigenvalue weighted by Crippen LogP contribution is -2.38. The Bertz CT molecular complexity index is 499. The molecule has 1 amide bonds. The van der Waals surface area contributed by atoms with E-state index in [0.717, 1.165) is 25.9 Å². The van der Waals surface area contributed by atoms with Crippen molar-refractivity contribution in [2.75, 3.05) is 18.0 Å². The summed E-state index contributed by atoms with van der Waals surface area (Å²) >= 11 is 0. The van der Waals surface area contributed by atoms with E-state index in [1.54, 1.807) is 0 Å². The molecule has 4 heteroatoms. The number of nitrogens with zero attached hydrogens (tertiary/aromatic N) is 1. The first-order chi connectivity index (χ1) is 10.3. The summed E-state index contributed by atoms with van der Waals surface area (Å²) in [6, 6.07) is 22.3. The van der Waals surface area contributed by atoms with Crippen molar-refractivity contribution in [1.82, 2.24) is 0 Å². The van der Waals surface area contributed by atoms with Gasteiger partial charge in [-0.1, -0.05) is 54.6 Å². The van der Waals surface area contributed by atoms with E-state index >= 15 is 0 Å². The van der Waals surface area contributed by atoms with Crippen LogP contribution in [-0.4, -0.2) is 19.0 Å². The summed E-state index contributed by atoms with van der Waals surface area (Å²) < 4.78 is 0. The number of anilines is 1. The molecule has 1 aliphatic rings.